The number of thiazole rings is 1. The Labute approximate surface area is 195 Å². The second-order valence-corrected chi connectivity index (χ2v) is 10.1. The molecule has 164 valence electrons. The SMILES string of the molecule is COc1ccc(SCCC(=O)N(CC2CCCO2)c2nc3c(C)cc(Cl)cc3s2)cc1. The number of amides is 1. The van der Waals surface area contributed by atoms with E-state index >= 15 is 0 Å². The molecule has 0 radical (unpaired) electrons. The zero-order chi connectivity index (χ0) is 21.8. The Morgan fingerprint density at radius 2 is 2.16 bits per heavy atom. The number of fused-ring (bicyclic) bond motifs is 1. The van der Waals surface area contributed by atoms with Crippen LogP contribution < -0.4 is 9.64 Å². The van der Waals surface area contributed by atoms with Crippen LogP contribution in [0.3, 0.4) is 0 Å². The van der Waals surface area contributed by atoms with E-state index in [-0.39, 0.29) is 12.0 Å². The summed E-state index contributed by atoms with van der Waals surface area (Å²) in [6.07, 6.45) is 2.50. The third kappa shape index (κ3) is 5.52. The molecule has 2 aromatic carbocycles. The molecule has 8 heteroatoms. The minimum Gasteiger partial charge on any atom is -0.497 e. The highest BCUT2D eigenvalue weighted by Crippen LogP contribution is 2.34. The van der Waals surface area contributed by atoms with E-state index in [9.17, 15) is 4.79 Å². The molecular formula is C23H25ClN2O3S2. The molecule has 1 fully saturated rings. The Hall–Kier alpha value is -1.80. The number of hydrogen-bond donors (Lipinski definition) is 0. The second kappa shape index (κ2) is 10.2. The highest BCUT2D eigenvalue weighted by molar-refractivity contribution is 7.99. The van der Waals surface area contributed by atoms with E-state index in [1.54, 1.807) is 18.9 Å². The topological polar surface area (TPSA) is 51.7 Å². The summed E-state index contributed by atoms with van der Waals surface area (Å²) in [5, 5.41) is 1.41. The van der Waals surface area contributed by atoms with E-state index in [0.29, 0.717) is 23.7 Å². The molecule has 0 aliphatic carbocycles. The Bertz CT molecular complexity index is 1050. The molecule has 5 nitrogen and oxygen atoms in total. The van der Waals surface area contributed by atoms with Crippen LogP contribution in [0.1, 0.15) is 24.8 Å². The fourth-order valence-electron chi connectivity index (χ4n) is 3.60. The van der Waals surface area contributed by atoms with Gasteiger partial charge < -0.3 is 9.47 Å². The number of nitrogens with zero attached hydrogens (tertiary/aromatic N) is 2. The minimum atomic E-state index is 0.0647. The van der Waals surface area contributed by atoms with Gasteiger partial charge in [0, 0.05) is 28.7 Å². The zero-order valence-electron chi connectivity index (χ0n) is 17.6. The largest absolute Gasteiger partial charge is 0.497 e. The van der Waals surface area contributed by atoms with Gasteiger partial charge in [0.25, 0.3) is 0 Å². The van der Waals surface area contributed by atoms with Crippen molar-refractivity contribution in [3.63, 3.8) is 0 Å². The lowest BCUT2D eigenvalue weighted by Gasteiger charge is -2.23. The van der Waals surface area contributed by atoms with Crippen molar-refractivity contribution < 1.29 is 14.3 Å². The van der Waals surface area contributed by atoms with Gasteiger partial charge >= 0.3 is 0 Å². The normalized spacial score (nSPS) is 16.0. The molecule has 2 heterocycles. The smallest absolute Gasteiger partial charge is 0.229 e. The molecule has 1 atom stereocenters. The van der Waals surface area contributed by atoms with Crippen LogP contribution in [0.25, 0.3) is 10.2 Å². The van der Waals surface area contributed by atoms with Crippen molar-refractivity contribution in [1.82, 2.24) is 4.98 Å². The lowest BCUT2D eigenvalue weighted by molar-refractivity contribution is -0.118. The molecule has 4 rings (SSSR count). The Morgan fingerprint density at radius 3 is 2.87 bits per heavy atom. The fourth-order valence-corrected chi connectivity index (χ4v) is 5.89. The highest BCUT2D eigenvalue weighted by atomic mass is 35.5. The molecule has 1 amide bonds. The number of thioether (sulfide) groups is 1. The van der Waals surface area contributed by atoms with Gasteiger partial charge in [-0.1, -0.05) is 22.9 Å². The number of halogens is 1. The van der Waals surface area contributed by atoms with Crippen molar-refractivity contribution >= 4 is 56.0 Å². The van der Waals surface area contributed by atoms with Crippen molar-refractivity contribution in [2.75, 3.05) is 30.9 Å². The van der Waals surface area contributed by atoms with Gasteiger partial charge in [0.15, 0.2) is 5.13 Å². The van der Waals surface area contributed by atoms with E-state index in [1.807, 2.05) is 48.2 Å². The molecule has 1 aliphatic heterocycles. The second-order valence-electron chi connectivity index (χ2n) is 7.48. The number of aromatic nitrogens is 1. The maximum absolute atomic E-state index is 13.2. The van der Waals surface area contributed by atoms with Crippen LogP contribution in [0.15, 0.2) is 41.3 Å². The van der Waals surface area contributed by atoms with E-state index in [1.165, 1.54) is 11.3 Å². The van der Waals surface area contributed by atoms with E-state index in [2.05, 4.69) is 0 Å². The van der Waals surface area contributed by atoms with Gasteiger partial charge in [0.05, 0.1) is 30.0 Å². The molecule has 0 bridgehead atoms. The van der Waals surface area contributed by atoms with Gasteiger partial charge in [-0.2, -0.15) is 0 Å². The molecule has 0 saturated carbocycles. The van der Waals surface area contributed by atoms with Gasteiger partial charge in [0.1, 0.15) is 5.75 Å². The number of aryl methyl sites for hydroxylation is 1. The maximum atomic E-state index is 13.2. The molecule has 31 heavy (non-hydrogen) atoms. The molecule has 1 unspecified atom stereocenters. The first-order chi connectivity index (χ1) is 15.0. The first-order valence-corrected chi connectivity index (χ1v) is 12.5. The Kier molecular flexibility index (Phi) is 7.38. The molecule has 3 aromatic rings. The maximum Gasteiger partial charge on any atom is 0.229 e. The molecule has 1 saturated heterocycles. The fraction of sp³-hybridized carbons (Fsp3) is 0.391. The van der Waals surface area contributed by atoms with Gasteiger partial charge in [-0.25, -0.2) is 4.98 Å². The van der Waals surface area contributed by atoms with E-state index in [0.717, 1.165) is 51.0 Å². The van der Waals surface area contributed by atoms with Crippen LogP contribution in [0, 0.1) is 6.92 Å². The molecule has 1 aromatic heterocycles. The van der Waals surface area contributed by atoms with Crippen LogP contribution in [0.5, 0.6) is 5.75 Å². The average Bonchev–Trinajstić information content (AvgIpc) is 3.42. The summed E-state index contributed by atoms with van der Waals surface area (Å²) in [5.74, 6) is 1.59. The van der Waals surface area contributed by atoms with Crippen LogP contribution >= 0.6 is 34.7 Å². The highest BCUT2D eigenvalue weighted by Gasteiger charge is 2.26. The van der Waals surface area contributed by atoms with Crippen molar-refractivity contribution in [3.8, 4) is 5.75 Å². The summed E-state index contributed by atoms with van der Waals surface area (Å²) in [6.45, 7) is 3.29. The number of ether oxygens (including phenoxy) is 2. The summed E-state index contributed by atoms with van der Waals surface area (Å²) in [7, 11) is 1.65. The lowest BCUT2D eigenvalue weighted by Crippen LogP contribution is -2.37. The third-order valence-electron chi connectivity index (χ3n) is 5.23. The van der Waals surface area contributed by atoms with E-state index < -0.39 is 0 Å². The summed E-state index contributed by atoms with van der Waals surface area (Å²) >= 11 is 9.40. The average molecular weight is 477 g/mol. The molecule has 0 N–H and O–H groups in total. The quantitative estimate of drug-likeness (QED) is 0.375. The summed E-state index contributed by atoms with van der Waals surface area (Å²) < 4.78 is 12.0. The standard InChI is InChI=1S/C23H25ClN2O3S2/c1-15-12-16(24)13-20-22(15)25-23(31-20)26(14-18-4-3-10-29-18)21(27)9-11-30-19-7-5-17(28-2)6-8-19/h5-8,12-13,18H,3-4,9-11,14H2,1-2H3. The predicted molar refractivity (Wildman–Crippen MR) is 129 cm³/mol. The van der Waals surface area contributed by atoms with E-state index in [4.69, 9.17) is 26.1 Å². The monoisotopic (exact) mass is 476 g/mol. The molecular weight excluding hydrogens is 452 g/mol. The number of anilines is 1. The van der Waals surface area contributed by atoms with Gasteiger partial charge in [0.2, 0.25) is 5.91 Å². The molecule has 0 spiro atoms. The lowest BCUT2D eigenvalue weighted by atomic mass is 10.2. The van der Waals surface area contributed by atoms with Crippen molar-refractivity contribution in [2.24, 2.45) is 0 Å². The van der Waals surface area contributed by atoms with Crippen LogP contribution in [-0.4, -0.2) is 43.0 Å². The Balaban J connectivity index is 1.48. The number of carbonyl (C=O) groups is 1. The van der Waals surface area contributed by atoms with Crippen LogP contribution in [0.2, 0.25) is 5.02 Å². The summed E-state index contributed by atoms with van der Waals surface area (Å²) in [5.41, 5.74) is 1.92. The van der Waals surface area contributed by atoms with Gasteiger partial charge in [-0.05, 0) is 61.7 Å². The minimum absolute atomic E-state index is 0.0647. The predicted octanol–water partition coefficient (Wildman–Crippen LogP) is 5.96. The summed E-state index contributed by atoms with van der Waals surface area (Å²) in [4.78, 5) is 20.9. The zero-order valence-corrected chi connectivity index (χ0v) is 20.0. The number of benzene rings is 2. The van der Waals surface area contributed by atoms with Gasteiger partial charge in [-0.3, -0.25) is 9.69 Å². The first kappa shape index (κ1) is 22.4. The van der Waals surface area contributed by atoms with Crippen molar-refractivity contribution in [3.05, 3.63) is 47.0 Å². The first-order valence-electron chi connectivity index (χ1n) is 10.3. The number of hydrogen-bond acceptors (Lipinski definition) is 6. The molecule has 1 aliphatic rings. The van der Waals surface area contributed by atoms with Crippen LogP contribution in [0.4, 0.5) is 5.13 Å². The number of rotatable bonds is 8. The van der Waals surface area contributed by atoms with Gasteiger partial charge in [-0.15, -0.1) is 11.8 Å². The Morgan fingerprint density at radius 1 is 1.35 bits per heavy atom. The van der Waals surface area contributed by atoms with Crippen molar-refractivity contribution in [1.29, 1.82) is 0 Å². The van der Waals surface area contributed by atoms with Crippen LogP contribution in [-0.2, 0) is 9.53 Å². The summed E-state index contributed by atoms with van der Waals surface area (Å²) in [6, 6.07) is 11.7. The third-order valence-corrected chi connectivity index (χ3v) is 7.48. The number of methoxy groups -OCH3 is 1. The van der Waals surface area contributed by atoms with Crippen molar-refractivity contribution in [2.45, 2.75) is 37.2 Å². The number of carbonyl (C=O) groups excluding carboxylic acids is 1.